The predicted molar refractivity (Wildman–Crippen MR) is 60.8 cm³/mol. The van der Waals surface area contributed by atoms with E-state index in [9.17, 15) is 0 Å². The minimum absolute atomic E-state index is 0.221. The second kappa shape index (κ2) is 6.90. The fourth-order valence-corrected chi connectivity index (χ4v) is 1.90. The van der Waals surface area contributed by atoms with Crippen molar-refractivity contribution in [3.8, 4) is 0 Å². The molecule has 0 aliphatic carbocycles. The number of nitrogens with zero attached hydrogens (tertiary/aromatic N) is 1. The molecule has 1 rings (SSSR count). The molecule has 0 bridgehead atoms. The molecule has 4 nitrogen and oxygen atoms in total. The van der Waals surface area contributed by atoms with Gasteiger partial charge < -0.3 is 15.2 Å². The second-order valence-corrected chi connectivity index (χ2v) is 4.53. The number of nitrogens with one attached hydrogen (secondary N) is 1. The molecule has 1 unspecified atom stereocenters. The van der Waals surface area contributed by atoms with Gasteiger partial charge in [-0.05, 0) is 5.92 Å². The van der Waals surface area contributed by atoms with Crippen LogP contribution in [0.25, 0.3) is 0 Å². The van der Waals surface area contributed by atoms with Crippen molar-refractivity contribution in [1.82, 2.24) is 10.3 Å². The average Bonchev–Trinajstić information content (AvgIpc) is 2.66. The summed E-state index contributed by atoms with van der Waals surface area (Å²) in [7, 11) is 1.67. The molecule has 1 aromatic rings. The van der Waals surface area contributed by atoms with Gasteiger partial charge in [-0.25, -0.2) is 4.98 Å². The third kappa shape index (κ3) is 4.70. The molecule has 2 N–H and O–H groups in total. The van der Waals surface area contributed by atoms with E-state index in [0.29, 0.717) is 12.5 Å². The van der Waals surface area contributed by atoms with Crippen LogP contribution in [0.5, 0.6) is 0 Å². The Hall–Kier alpha value is -0.490. The third-order valence-electron chi connectivity index (χ3n) is 1.98. The maximum Gasteiger partial charge on any atom is 0.119 e. The van der Waals surface area contributed by atoms with Crippen LogP contribution in [0.4, 0.5) is 0 Å². The second-order valence-electron chi connectivity index (χ2n) is 3.58. The minimum Gasteiger partial charge on any atom is -0.396 e. The Kier molecular flexibility index (Phi) is 5.78. The quantitative estimate of drug-likeness (QED) is 0.734. The van der Waals surface area contributed by atoms with Crippen LogP contribution >= 0.6 is 11.3 Å². The van der Waals surface area contributed by atoms with Crippen LogP contribution in [0.2, 0.25) is 0 Å². The highest BCUT2D eigenvalue weighted by Gasteiger charge is 2.02. The van der Waals surface area contributed by atoms with Gasteiger partial charge in [0, 0.05) is 32.2 Å². The summed E-state index contributed by atoms with van der Waals surface area (Å²) in [5.74, 6) is 0.294. The molecular formula is C10H18N2O2S. The van der Waals surface area contributed by atoms with E-state index in [1.165, 1.54) is 0 Å². The van der Waals surface area contributed by atoms with Gasteiger partial charge in [-0.2, -0.15) is 0 Å². The van der Waals surface area contributed by atoms with Gasteiger partial charge in [-0.15, -0.1) is 11.3 Å². The van der Waals surface area contributed by atoms with Crippen LogP contribution in [-0.2, 0) is 17.9 Å². The maximum absolute atomic E-state index is 8.84. The standard InChI is InChI=1S/C10H18N2O2S/c1-8(5-13)3-11-4-9-7-15-10(12-9)6-14-2/h7-8,11,13H,3-6H2,1-2H3. The molecule has 1 atom stereocenters. The van der Waals surface area contributed by atoms with E-state index in [-0.39, 0.29) is 6.61 Å². The Balaban J connectivity index is 2.25. The monoisotopic (exact) mass is 230 g/mol. The molecule has 86 valence electrons. The van der Waals surface area contributed by atoms with Crippen LogP contribution in [0.3, 0.4) is 0 Å². The lowest BCUT2D eigenvalue weighted by molar-refractivity contribution is 0.184. The first-order valence-electron chi connectivity index (χ1n) is 5.00. The smallest absolute Gasteiger partial charge is 0.119 e. The van der Waals surface area contributed by atoms with Gasteiger partial charge in [-0.3, -0.25) is 0 Å². The first-order valence-corrected chi connectivity index (χ1v) is 5.88. The first kappa shape index (κ1) is 12.6. The molecule has 0 radical (unpaired) electrons. The number of aliphatic hydroxyl groups excluding tert-OH is 1. The van der Waals surface area contributed by atoms with E-state index in [2.05, 4.69) is 10.3 Å². The van der Waals surface area contributed by atoms with E-state index in [4.69, 9.17) is 9.84 Å². The van der Waals surface area contributed by atoms with E-state index in [1.54, 1.807) is 18.4 Å². The highest BCUT2D eigenvalue weighted by molar-refractivity contribution is 7.09. The number of hydrogen-bond acceptors (Lipinski definition) is 5. The summed E-state index contributed by atoms with van der Waals surface area (Å²) in [5, 5.41) is 15.1. The van der Waals surface area contributed by atoms with Gasteiger partial charge in [0.2, 0.25) is 0 Å². The molecule has 5 heteroatoms. The van der Waals surface area contributed by atoms with Crippen molar-refractivity contribution >= 4 is 11.3 Å². The number of rotatable bonds is 7. The van der Waals surface area contributed by atoms with E-state index in [1.807, 2.05) is 12.3 Å². The summed E-state index contributed by atoms with van der Waals surface area (Å²) in [6.45, 7) is 4.37. The zero-order chi connectivity index (χ0) is 11.1. The number of methoxy groups -OCH3 is 1. The highest BCUT2D eigenvalue weighted by Crippen LogP contribution is 2.10. The Morgan fingerprint density at radius 3 is 3.13 bits per heavy atom. The van der Waals surface area contributed by atoms with Crippen LogP contribution < -0.4 is 5.32 Å². The van der Waals surface area contributed by atoms with Gasteiger partial charge >= 0.3 is 0 Å². The van der Waals surface area contributed by atoms with Gasteiger partial charge in [0.15, 0.2) is 0 Å². The Labute approximate surface area is 94.3 Å². The fourth-order valence-electron chi connectivity index (χ4n) is 1.13. The molecule has 0 fully saturated rings. The van der Waals surface area contributed by atoms with Crippen molar-refractivity contribution in [3.05, 3.63) is 16.1 Å². The topological polar surface area (TPSA) is 54.4 Å². The lowest BCUT2D eigenvalue weighted by Crippen LogP contribution is -2.22. The molecule has 0 spiro atoms. The lowest BCUT2D eigenvalue weighted by atomic mass is 10.2. The highest BCUT2D eigenvalue weighted by atomic mass is 32.1. The maximum atomic E-state index is 8.84. The SMILES string of the molecule is COCc1nc(CNCC(C)CO)cs1. The van der Waals surface area contributed by atoms with E-state index in [0.717, 1.165) is 23.8 Å². The molecule has 0 aliphatic rings. The Bertz CT molecular complexity index is 278. The third-order valence-corrected chi connectivity index (χ3v) is 2.85. The van der Waals surface area contributed by atoms with Crippen LogP contribution in [0.1, 0.15) is 17.6 Å². The van der Waals surface area contributed by atoms with Crippen LogP contribution in [0.15, 0.2) is 5.38 Å². The molecule has 1 heterocycles. The molecule has 0 amide bonds. The van der Waals surface area contributed by atoms with Gasteiger partial charge in [-0.1, -0.05) is 6.92 Å². The van der Waals surface area contributed by atoms with Crippen molar-refractivity contribution in [2.24, 2.45) is 5.92 Å². The fraction of sp³-hybridized carbons (Fsp3) is 0.700. The molecule has 0 saturated carbocycles. The van der Waals surface area contributed by atoms with Crippen LogP contribution in [-0.4, -0.2) is 30.4 Å². The van der Waals surface area contributed by atoms with Crippen molar-refractivity contribution in [3.63, 3.8) is 0 Å². The Morgan fingerprint density at radius 1 is 1.67 bits per heavy atom. The van der Waals surface area contributed by atoms with Crippen molar-refractivity contribution in [2.75, 3.05) is 20.3 Å². The molecule has 0 aromatic carbocycles. The number of aliphatic hydroxyl groups is 1. The summed E-state index contributed by atoms with van der Waals surface area (Å²) in [4.78, 5) is 4.39. The van der Waals surface area contributed by atoms with E-state index >= 15 is 0 Å². The zero-order valence-corrected chi connectivity index (χ0v) is 10.0. The molecule has 0 saturated heterocycles. The summed E-state index contributed by atoms with van der Waals surface area (Å²) in [6.07, 6.45) is 0. The van der Waals surface area contributed by atoms with Crippen molar-refractivity contribution < 1.29 is 9.84 Å². The van der Waals surface area contributed by atoms with Gasteiger partial charge in [0.1, 0.15) is 5.01 Å². The number of ether oxygens (including phenoxy) is 1. The number of thiazole rings is 1. The van der Waals surface area contributed by atoms with Gasteiger partial charge in [0.25, 0.3) is 0 Å². The molecule has 0 aliphatic heterocycles. The summed E-state index contributed by atoms with van der Waals surface area (Å²) < 4.78 is 5.00. The van der Waals surface area contributed by atoms with E-state index < -0.39 is 0 Å². The summed E-state index contributed by atoms with van der Waals surface area (Å²) >= 11 is 1.61. The Morgan fingerprint density at radius 2 is 2.47 bits per heavy atom. The number of hydrogen-bond donors (Lipinski definition) is 2. The van der Waals surface area contributed by atoms with Gasteiger partial charge in [0.05, 0.1) is 12.3 Å². The minimum atomic E-state index is 0.221. The van der Waals surface area contributed by atoms with Crippen molar-refractivity contribution in [1.29, 1.82) is 0 Å². The normalized spacial score (nSPS) is 13.0. The molecule has 15 heavy (non-hydrogen) atoms. The lowest BCUT2D eigenvalue weighted by Gasteiger charge is -2.07. The van der Waals surface area contributed by atoms with Crippen LogP contribution in [0, 0.1) is 5.92 Å². The first-order chi connectivity index (χ1) is 7.26. The molecular weight excluding hydrogens is 212 g/mol. The van der Waals surface area contributed by atoms with Crippen molar-refractivity contribution in [2.45, 2.75) is 20.1 Å². The number of aromatic nitrogens is 1. The zero-order valence-electron chi connectivity index (χ0n) is 9.19. The molecule has 1 aromatic heterocycles. The average molecular weight is 230 g/mol. The summed E-state index contributed by atoms with van der Waals surface area (Å²) in [6, 6.07) is 0. The predicted octanol–water partition coefficient (Wildman–Crippen LogP) is 1.01. The summed E-state index contributed by atoms with van der Waals surface area (Å²) in [5.41, 5.74) is 1.04. The largest absolute Gasteiger partial charge is 0.396 e.